The minimum absolute atomic E-state index is 0.209. The lowest BCUT2D eigenvalue weighted by Gasteiger charge is -2.08. The minimum atomic E-state index is -0.209. The van der Waals surface area contributed by atoms with E-state index in [1.165, 1.54) is 0 Å². The largest absolute Gasteiger partial charge is 0.463 e. The average Bonchev–Trinajstić information content (AvgIpc) is 3.41. The third-order valence-electron chi connectivity index (χ3n) is 4.50. The summed E-state index contributed by atoms with van der Waals surface area (Å²) in [6.45, 7) is 3.41. The van der Waals surface area contributed by atoms with Gasteiger partial charge in [0, 0.05) is 13.2 Å². The predicted molar refractivity (Wildman–Crippen MR) is 107 cm³/mol. The molecule has 7 nitrogen and oxygen atoms in total. The number of benzene rings is 1. The molecule has 0 aliphatic carbocycles. The van der Waals surface area contributed by atoms with Crippen molar-refractivity contribution in [2.45, 2.75) is 20.0 Å². The van der Waals surface area contributed by atoms with Gasteiger partial charge in [-0.3, -0.25) is 4.79 Å². The SMILES string of the molecule is Cc1noc2nc(-c3ccco3)cc(C(=O)NCCCOCc3ccccc3)c12. The zero-order chi connectivity index (χ0) is 20.1. The molecular weight excluding hydrogens is 370 g/mol. The van der Waals surface area contributed by atoms with E-state index in [1.54, 1.807) is 31.4 Å². The van der Waals surface area contributed by atoms with Gasteiger partial charge in [0.1, 0.15) is 5.69 Å². The van der Waals surface area contributed by atoms with Crippen LogP contribution in [0.5, 0.6) is 0 Å². The van der Waals surface area contributed by atoms with Crippen molar-refractivity contribution in [2.24, 2.45) is 0 Å². The number of fused-ring (bicyclic) bond motifs is 1. The Kier molecular flexibility index (Phi) is 5.67. The molecule has 0 unspecified atom stereocenters. The highest BCUT2D eigenvalue weighted by Gasteiger charge is 2.19. The highest BCUT2D eigenvalue weighted by atomic mass is 16.5. The number of carbonyl (C=O) groups excluding carboxylic acids is 1. The molecule has 3 aromatic heterocycles. The summed E-state index contributed by atoms with van der Waals surface area (Å²) in [5, 5.41) is 7.48. The van der Waals surface area contributed by atoms with Crippen LogP contribution in [0.2, 0.25) is 0 Å². The smallest absolute Gasteiger partial charge is 0.259 e. The Morgan fingerprint density at radius 1 is 1.17 bits per heavy atom. The molecule has 3 heterocycles. The van der Waals surface area contributed by atoms with Crippen LogP contribution >= 0.6 is 0 Å². The summed E-state index contributed by atoms with van der Waals surface area (Å²) in [4.78, 5) is 17.2. The van der Waals surface area contributed by atoms with Gasteiger partial charge in [-0.15, -0.1) is 0 Å². The number of nitrogens with zero attached hydrogens (tertiary/aromatic N) is 2. The monoisotopic (exact) mass is 391 g/mol. The van der Waals surface area contributed by atoms with Crippen molar-refractivity contribution in [3.8, 4) is 11.5 Å². The number of aromatic nitrogens is 2. The first-order valence-corrected chi connectivity index (χ1v) is 9.43. The van der Waals surface area contributed by atoms with Crippen molar-refractivity contribution < 1.29 is 18.5 Å². The van der Waals surface area contributed by atoms with Gasteiger partial charge in [0.2, 0.25) is 0 Å². The molecule has 1 N–H and O–H groups in total. The van der Waals surface area contributed by atoms with Crippen LogP contribution in [0.3, 0.4) is 0 Å². The Labute approximate surface area is 167 Å². The standard InChI is InChI=1S/C22H21N3O4/c1-15-20-17(13-18(19-9-5-12-28-19)24-22(20)29-25-15)21(26)23-10-6-11-27-14-16-7-3-2-4-8-16/h2-5,7-9,12-13H,6,10-11,14H2,1H3,(H,23,26). The summed E-state index contributed by atoms with van der Waals surface area (Å²) in [7, 11) is 0. The zero-order valence-electron chi connectivity index (χ0n) is 16.1. The molecule has 0 bridgehead atoms. The summed E-state index contributed by atoms with van der Waals surface area (Å²) < 4.78 is 16.3. The molecule has 0 fully saturated rings. The molecule has 148 valence electrons. The zero-order valence-corrected chi connectivity index (χ0v) is 16.1. The molecule has 0 saturated heterocycles. The molecule has 0 radical (unpaired) electrons. The number of ether oxygens (including phenoxy) is 1. The summed E-state index contributed by atoms with van der Waals surface area (Å²) in [5.41, 5.74) is 3.05. The van der Waals surface area contributed by atoms with E-state index in [0.717, 1.165) is 5.56 Å². The Bertz CT molecular complexity index is 1090. The van der Waals surface area contributed by atoms with E-state index in [4.69, 9.17) is 13.7 Å². The number of pyridine rings is 1. The fourth-order valence-corrected chi connectivity index (χ4v) is 3.06. The molecule has 0 spiro atoms. The van der Waals surface area contributed by atoms with Crippen molar-refractivity contribution in [2.75, 3.05) is 13.2 Å². The van der Waals surface area contributed by atoms with Gasteiger partial charge >= 0.3 is 0 Å². The molecule has 0 saturated carbocycles. The lowest BCUT2D eigenvalue weighted by Crippen LogP contribution is -2.25. The molecule has 7 heteroatoms. The molecular formula is C22H21N3O4. The van der Waals surface area contributed by atoms with Crippen LogP contribution in [0.1, 0.15) is 28.0 Å². The van der Waals surface area contributed by atoms with Crippen LogP contribution < -0.4 is 5.32 Å². The van der Waals surface area contributed by atoms with E-state index in [2.05, 4.69) is 15.5 Å². The van der Waals surface area contributed by atoms with Crippen LogP contribution in [0.15, 0.2) is 63.7 Å². The second-order valence-corrected chi connectivity index (χ2v) is 6.63. The highest BCUT2D eigenvalue weighted by Crippen LogP contribution is 2.27. The van der Waals surface area contributed by atoms with Crippen molar-refractivity contribution in [3.63, 3.8) is 0 Å². The second-order valence-electron chi connectivity index (χ2n) is 6.63. The van der Waals surface area contributed by atoms with Gasteiger partial charge in [0.15, 0.2) is 5.76 Å². The van der Waals surface area contributed by atoms with Crippen LogP contribution in [0.25, 0.3) is 22.6 Å². The minimum Gasteiger partial charge on any atom is -0.463 e. The lowest BCUT2D eigenvalue weighted by atomic mass is 10.1. The number of hydrogen-bond donors (Lipinski definition) is 1. The third kappa shape index (κ3) is 4.35. The fourth-order valence-electron chi connectivity index (χ4n) is 3.06. The average molecular weight is 391 g/mol. The lowest BCUT2D eigenvalue weighted by molar-refractivity contribution is 0.0936. The Hall–Kier alpha value is -3.45. The summed E-state index contributed by atoms with van der Waals surface area (Å²) in [6, 6.07) is 15.2. The van der Waals surface area contributed by atoms with Gasteiger partial charge in [0.05, 0.1) is 29.5 Å². The van der Waals surface area contributed by atoms with Crippen molar-refractivity contribution >= 4 is 17.0 Å². The molecule has 4 aromatic rings. The van der Waals surface area contributed by atoms with Gasteiger partial charge in [-0.1, -0.05) is 35.5 Å². The van der Waals surface area contributed by atoms with Gasteiger partial charge in [-0.2, -0.15) is 0 Å². The number of nitrogens with one attached hydrogen (secondary N) is 1. The first-order valence-electron chi connectivity index (χ1n) is 9.43. The summed E-state index contributed by atoms with van der Waals surface area (Å²) in [5.74, 6) is 0.351. The Balaban J connectivity index is 1.38. The van der Waals surface area contributed by atoms with E-state index in [0.29, 0.717) is 60.0 Å². The van der Waals surface area contributed by atoms with E-state index in [1.807, 2.05) is 30.3 Å². The number of carbonyl (C=O) groups is 1. The number of aryl methyl sites for hydroxylation is 1. The number of hydrogen-bond acceptors (Lipinski definition) is 6. The quantitative estimate of drug-likeness (QED) is 0.454. The molecule has 4 rings (SSSR count). The Morgan fingerprint density at radius 2 is 2.03 bits per heavy atom. The Morgan fingerprint density at radius 3 is 2.83 bits per heavy atom. The topological polar surface area (TPSA) is 90.4 Å². The molecule has 1 aromatic carbocycles. The molecule has 29 heavy (non-hydrogen) atoms. The highest BCUT2D eigenvalue weighted by molar-refractivity contribution is 6.06. The summed E-state index contributed by atoms with van der Waals surface area (Å²) >= 11 is 0. The van der Waals surface area contributed by atoms with E-state index in [9.17, 15) is 4.79 Å². The molecule has 0 aliphatic heterocycles. The van der Waals surface area contributed by atoms with Crippen LogP contribution in [-0.4, -0.2) is 29.2 Å². The molecule has 0 aliphatic rings. The van der Waals surface area contributed by atoms with Gasteiger partial charge in [-0.05, 0) is 37.1 Å². The molecule has 0 atom stereocenters. The number of amides is 1. The molecule has 1 amide bonds. The van der Waals surface area contributed by atoms with Crippen molar-refractivity contribution in [3.05, 3.63) is 71.6 Å². The maximum Gasteiger partial charge on any atom is 0.259 e. The number of furan rings is 1. The maximum absolute atomic E-state index is 12.8. The second kappa shape index (κ2) is 8.70. The van der Waals surface area contributed by atoms with Crippen LogP contribution in [-0.2, 0) is 11.3 Å². The van der Waals surface area contributed by atoms with E-state index < -0.39 is 0 Å². The van der Waals surface area contributed by atoms with E-state index >= 15 is 0 Å². The van der Waals surface area contributed by atoms with Gasteiger partial charge in [-0.25, -0.2) is 4.98 Å². The predicted octanol–water partition coefficient (Wildman–Crippen LogP) is 4.13. The van der Waals surface area contributed by atoms with E-state index in [-0.39, 0.29) is 5.91 Å². The van der Waals surface area contributed by atoms with Gasteiger partial charge < -0.3 is 19.0 Å². The van der Waals surface area contributed by atoms with Crippen LogP contribution in [0, 0.1) is 6.92 Å². The number of rotatable bonds is 8. The fraction of sp³-hybridized carbons (Fsp3) is 0.227. The van der Waals surface area contributed by atoms with Crippen LogP contribution in [0.4, 0.5) is 0 Å². The van der Waals surface area contributed by atoms with Crippen molar-refractivity contribution in [1.82, 2.24) is 15.5 Å². The normalized spacial score (nSPS) is 11.1. The summed E-state index contributed by atoms with van der Waals surface area (Å²) in [6.07, 6.45) is 2.27. The first kappa shape index (κ1) is 18.9. The maximum atomic E-state index is 12.8. The van der Waals surface area contributed by atoms with Crippen molar-refractivity contribution in [1.29, 1.82) is 0 Å². The third-order valence-corrected chi connectivity index (χ3v) is 4.50. The first-order chi connectivity index (χ1) is 14.2. The van der Waals surface area contributed by atoms with Gasteiger partial charge in [0.25, 0.3) is 11.6 Å².